The summed E-state index contributed by atoms with van der Waals surface area (Å²) >= 11 is 0. The quantitative estimate of drug-likeness (QED) is 0.173. The van der Waals surface area contributed by atoms with Crippen molar-refractivity contribution in [1.82, 2.24) is 0 Å². The summed E-state index contributed by atoms with van der Waals surface area (Å²) in [7, 11) is 0. The molecule has 4 aromatic carbocycles. The fourth-order valence-electron chi connectivity index (χ4n) is 7.46. The summed E-state index contributed by atoms with van der Waals surface area (Å²) in [6.07, 6.45) is 1.05. The maximum absolute atomic E-state index is 10.8. The first kappa shape index (κ1) is 40.5. The molecule has 4 nitrogen and oxygen atoms in total. The molecular weight excluding hydrogens is 617 g/mol. The van der Waals surface area contributed by atoms with E-state index < -0.39 is 0 Å². The van der Waals surface area contributed by atoms with Crippen molar-refractivity contribution in [3.8, 4) is 23.0 Å². The van der Waals surface area contributed by atoms with Crippen LogP contribution in [0.5, 0.6) is 23.0 Å². The third-order valence-electron chi connectivity index (χ3n) is 9.51. The molecule has 0 aliphatic rings. The molecule has 0 aliphatic heterocycles. The van der Waals surface area contributed by atoms with Crippen molar-refractivity contribution in [2.75, 3.05) is 0 Å². The second-order valence-electron chi connectivity index (χ2n) is 18.5. The summed E-state index contributed by atoms with van der Waals surface area (Å²) in [5.41, 5.74) is 12.0. The lowest BCUT2D eigenvalue weighted by Crippen LogP contribution is -2.19. The van der Waals surface area contributed by atoms with E-state index in [0.717, 1.165) is 55.6 Å². The number of hydrogen-bond acceptors (Lipinski definition) is 4. The number of phenols is 4. The number of aryl methyl sites for hydroxylation is 4. The van der Waals surface area contributed by atoms with E-state index in [2.05, 4.69) is 123 Å². The molecule has 272 valence electrons. The Labute approximate surface area is 303 Å². The summed E-state index contributed by atoms with van der Waals surface area (Å²) in [6, 6.07) is 15.6. The zero-order valence-corrected chi connectivity index (χ0v) is 33.8. The van der Waals surface area contributed by atoms with Gasteiger partial charge in [0.15, 0.2) is 0 Å². The standard InChI is InChI=1S/2C23H32O2/c1-14-9-16(20(24)18(11-14)22(3,4)5)13-17-10-15(2)12-19(21(17)25)23(6,7)8;1-14-9-11-18(24)16(20(14)22(3,4)5)13-17-19(25)12-10-15(2)21(17)23(6,7)8/h2*9-12,24-25H,13H2,1-8H3. The average Bonchev–Trinajstić information content (AvgIpc) is 2.94. The Morgan fingerprint density at radius 1 is 0.420 bits per heavy atom. The molecule has 4 rings (SSSR count). The molecule has 0 aromatic heterocycles. The first-order chi connectivity index (χ1) is 22.6. The van der Waals surface area contributed by atoms with Gasteiger partial charge in [-0.3, -0.25) is 0 Å². The largest absolute Gasteiger partial charge is 0.508 e. The first-order valence-electron chi connectivity index (χ1n) is 17.9. The van der Waals surface area contributed by atoms with Gasteiger partial charge in [-0.05, 0) is 106 Å². The first-order valence-corrected chi connectivity index (χ1v) is 17.9. The fourth-order valence-corrected chi connectivity index (χ4v) is 7.46. The summed E-state index contributed by atoms with van der Waals surface area (Å²) < 4.78 is 0. The highest BCUT2D eigenvalue weighted by Gasteiger charge is 2.28. The molecule has 4 heteroatoms. The molecule has 50 heavy (non-hydrogen) atoms. The molecule has 4 aromatic rings. The predicted octanol–water partition coefficient (Wildman–Crippen LogP) is 11.8. The predicted molar refractivity (Wildman–Crippen MR) is 212 cm³/mol. The van der Waals surface area contributed by atoms with Crippen molar-refractivity contribution >= 4 is 0 Å². The maximum Gasteiger partial charge on any atom is 0.122 e. The molecule has 0 saturated carbocycles. The lowest BCUT2D eigenvalue weighted by atomic mass is 9.76. The Bertz CT molecular complexity index is 1710. The highest BCUT2D eigenvalue weighted by molar-refractivity contribution is 5.56. The van der Waals surface area contributed by atoms with Crippen molar-refractivity contribution in [3.63, 3.8) is 0 Å². The van der Waals surface area contributed by atoms with Crippen LogP contribution in [0.1, 0.15) is 150 Å². The van der Waals surface area contributed by atoms with Gasteiger partial charge < -0.3 is 20.4 Å². The van der Waals surface area contributed by atoms with E-state index in [4.69, 9.17) is 0 Å². The number of benzene rings is 4. The van der Waals surface area contributed by atoms with Gasteiger partial charge in [0.05, 0.1) is 0 Å². The summed E-state index contributed by atoms with van der Waals surface area (Å²) in [5, 5.41) is 42.9. The van der Waals surface area contributed by atoms with Crippen LogP contribution in [0.4, 0.5) is 0 Å². The Morgan fingerprint density at radius 2 is 0.740 bits per heavy atom. The third-order valence-corrected chi connectivity index (χ3v) is 9.51. The van der Waals surface area contributed by atoms with Crippen molar-refractivity contribution in [2.24, 2.45) is 0 Å². The number of rotatable bonds is 4. The minimum Gasteiger partial charge on any atom is -0.508 e. The maximum atomic E-state index is 10.8. The summed E-state index contributed by atoms with van der Waals surface area (Å²) in [4.78, 5) is 0. The van der Waals surface area contributed by atoms with Crippen LogP contribution < -0.4 is 0 Å². The van der Waals surface area contributed by atoms with Gasteiger partial charge in [-0.25, -0.2) is 0 Å². The van der Waals surface area contributed by atoms with Crippen molar-refractivity contribution < 1.29 is 20.4 Å². The second kappa shape index (κ2) is 14.4. The molecule has 0 heterocycles. The second-order valence-corrected chi connectivity index (χ2v) is 18.5. The smallest absolute Gasteiger partial charge is 0.122 e. The van der Waals surface area contributed by atoms with Gasteiger partial charge in [-0.1, -0.05) is 131 Å². The number of phenolic OH excluding ortho intramolecular Hbond substituents is 4. The summed E-state index contributed by atoms with van der Waals surface area (Å²) in [5.74, 6) is 1.29. The van der Waals surface area contributed by atoms with E-state index in [1.165, 1.54) is 11.1 Å². The van der Waals surface area contributed by atoms with Crippen LogP contribution in [-0.2, 0) is 34.5 Å². The van der Waals surface area contributed by atoms with E-state index in [9.17, 15) is 20.4 Å². The zero-order valence-electron chi connectivity index (χ0n) is 33.8. The van der Waals surface area contributed by atoms with Gasteiger partial charge in [-0.15, -0.1) is 0 Å². The highest BCUT2D eigenvalue weighted by atomic mass is 16.3. The lowest BCUT2D eigenvalue weighted by molar-refractivity contribution is 0.435. The van der Waals surface area contributed by atoms with Crippen LogP contribution in [0.25, 0.3) is 0 Å². The van der Waals surface area contributed by atoms with E-state index >= 15 is 0 Å². The van der Waals surface area contributed by atoms with Gasteiger partial charge in [0, 0.05) is 24.0 Å². The van der Waals surface area contributed by atoms with E-state index in [1.54, 1.807) is 12.1 Å². The Kier molecular flexibility index (Phi) is 11.6. The molecule has 0 unspecified atom stereocenters. The summed E-state index contributed by atoms with van der Waals surface area (Å²) in [6.45, 7) is 33.9. The molecule has 0 saturated heterocycles. The van der Waals surface area contributed by atoms with Crippen molar-refractivity contribution in [3.05, 3.63) is 115 Å². The molecule has 0 radical (unpaired) electrons. The van der Waals surface area contributed by atoms with Crippen molar-refractivity contribution in [1.29, 1.82) is 0 Å². The van der Waals surface area contributed by atoms with Gasteiger partial charge in [-0.2, -0.15) is 0 Å². The van der Waals surface area contributed by atoms with E-state index in [0.29, 0.717) is 35.8 Å². The van der Waals surface area contributed by atoms with Gasteiger partial charge >= 0.3 is 0 Å². The lowest BCUT2D eigenvalue weighted by Gasteiger charge is -2.29. The average molecular weight is 681 g/mol. The van der Waals surface area contributed by atoms with Gasteiger partial charge in [0.1, 0.15) is 23.0 Å². The molecular formula is C46H64O4. The minimum absolute atomic E-state index is 0.0838. The van der Waals surface area contributed by atoms with Gasteiger partial charge in [0.25, 0.3) is 0 Å². The topological polar surface area (TPSA) is 80.9 Å². The molecule has 0 aliphatic carbocycles. The zero-order chi connectivity index (χ0) is 38.3. The van der Waals surface area contributed by atoms with E-state index in [-0.39, 0.29) is 21.7 Å². The van der Waals surface area contributed by atoms with Crippen LogP contribution in [0.3, 0.4) is 0 Å². The third kappa shape index (κ3) is 9.24. The van der Waals surface area contributed by atoms with Crippen molar-refractivity contribution in [2.45, 2.75) is 145 Å². The van der Waals surface area contributed by atoms with Crippen LogP contribution >= 0.6 is 0 Å². The van der Waals surface area contributed by atoms with Gasteiger partial charge in [0.2, 0.25) is 0 Å². The van der Waals surface area contributed by atoms with Crippen LogP contribution in [0.2, 0.25) is 0 Å². The molecule has 0 bridgehead atoms. The van der Waals surface area contributed by atoms with Crippen LogP contribution in [0, 0.1) is 27.7 Å². The monoisotopic (exact) mass is 680 g/mol. The molecule has 0 spiro atoms. The Hall–Kier alpha value is -3.92. The number of hydrogen-bond donors (Lipinski definition) is 4. The minimum atomic E-state index is -0.129. The normalized spacial score (nSPS) is 12.5. The Balaban J connectivity index is 0.000000270. The Morgan fingerprint density at radius 3 is 1.02 bits per heavy atom. The molecule has 0 fully saturated rings. The highest BCUT2D eigenvalue weighted by Crippen LogP contribution is 2.42. The van der Waals surface area contributed by atoms with Crippen LogP contribution in [0.15, 0.2) is 48.5 Å². The number of aromatic hydroxyl groups is 4. The SMILES string of the molecule is Cc1cc(Cc2cc(C)cc(C(C)(C)C)c2O)c(O)c(C(C)(C)C)c1.Cc1ccc(O)c(Cc2c(O)ccc(C)c2C(C)(C)C)c1C(C)(C)C. The molecule has 0 amide bonds. The van der Waals surface area contributed by atoms with E-state index in [1.807, 2.05) is 24.3 Å². The molecule has 4 N–H and O–H groups in total. The van der Waals surface area contributed by atoms with Crippen LogP contribution in [-0.4, -0.2) is 20.4 Å². The molecule has 0 atom stereocenters. The fraction of sp³-hybridized carbons (Fsp3) is 0.478.